The van der Waals surface area contributed by atoms with Crippen LogP contribution in [0.5, 0.6) is 0 Å². The van der Waals surface area contributed by atoms with E-state index in [2.05, 4.69) is 20.6 Å². The van der Waals surface area contributed by atoms with Crippen molar-refractivity contribution in [2.45, 2.75) is 48.4 Å². The predicted octanol–water partition coefficient (Wildman–Crippen LogP) is 3.79. The zero-order chi connectivity index (χ0) is 17.1. The van der Waals surface area contributed by atoms with E-state index in [1.165, 1.54) is 12.8 Å². The number of hydrogen-bond acceptors (Lipinski definition) is 5. The van der Waals surface area contributed by atoms with Crippen molar-refractivity contribution < 1.29 is 4.79 Å². The van der Waals surface area contributed by atoms with Gasteiger partial charge in [-0.3, -0.25) is 4.79 Å². The van der Waals surface area contributed by atoms with Gasteiger partial charge in [0.2, 0.25) is 0 Å². The van der Waals surface area contributed by atoms with E-state index in [4.69, 9.17) is 0 Å². The molecule has 1 aromatic carbocycles. The molecule has 2 heterocycles. The number of amides is 1. The monoisotopic (exact) mass is 373 g/mol. The Kier molecular flexibility index (Phi) is 5.39. The Balaban J connectivity index is 1.35. The maximum atomic E-state index is 12.8. The molecule has 1 saturated carbocycles. The molecule has 1 aliphatic carbocycles. The Morgan fingerprint density at radius 1 is 1.24 bits per heavy atom. The molecule has 0 bridgehead atoms. The summed E-state index contributed by atoms with van der Waals surface area (Å²) < 4.78 is 0. The fraction of sp³-hybridized carbons (Fsp3) is 0.474. The van der Waals surface area contributed by atoms with Crippen LogP contribution in [0.2, 0.25) is 0 Å². The molecule has 1 aliphatic heterocycles. The lowest BCUT2D eigenvalue weighted by Gasteiger charge is -2.32. The largest absolute Gasteiger partial charge is 0.349 e. The number of nitrogens with one attached hydrogen (secondary N) is 1. The van der Waals surface area contributed by atoms with Crippen LogP contribution in [0.15, 0.2) is 40.1 Å². The summed E-state index contributed by atoms with van der Waals surface area (Å²) in [5.41, 5.74) is 3.70. The fourth-order valence-corrected chi connectivity index (χ4v) is 4.97. The highest BCUT2D eigenvalue weighted by molar-refractivity contribution is 7.98. The summed E-state index contributed by atoms with van der Waals surface area (Å²) in [6.07, 6.45) is 4.86. The first-order chi connectivity index (χ1) is 12.3. The van der Waals surface area contributed by atoms with Gasteiger partial charge in [0.05, 0.1) is 16.8 Å². The molecule has 0 radical (unpaired) electrons. The number of rotatable bonds is 6. The summed E-state index contributed by atoms with van der Waals surface area (Å²) in [6.45, 7) is 2.24. The lowest BCUT2D eigenvalue weighted by molar-refractivity contribution is 0.0906. The van der Waals surface area contributed by atoms with Crippen molar-refractivity contribution in [3.63, 3.8) is 0 Å². The molecule has 0 unspecified atom stereocenters. The number of thioether (sulfide) groups is 1. The molecular formula is C19H23N3OS2. The minimum Gasteiger partial charge on any atom is -0.349 e. The van der Waals surface area contributed by atoms with Gasteiger partial charge in [-0.05, 0) is 37.8 Å². The molecule has 2 aromatic rings. The summed E-state index contributed by atoms with van der Waals surface area (Å²) >= 11 is 3.29. The SMILES string of the molecule is O=C(NC1CCN(C2CC2)CC1)c1ccccc1SCc1cscn1. The van der Waals surface area contributed by atoms with Crippen LogP contribution in [0.25, 0.3) is 0 Å². The van der Waals surface area contributed by atoms with Crippen LogP contribution >= 0.6 is 23.1 Å². The van der Waals surface area contributed by atoms with E-state index in [1.54, 1.807) is 23.1 Å². The van der Waals surface area contributed by atoms with Gasteiger partial charge in [-0.2, -0.15) is 0 Å². The first-order valence-electron chi connectivity index (χ1n) is 8.93. The van der Waals surface area contributed by atoms with E-state index in [-0.39, 0.29) is 5.91 Å². The van der Waals surface area contributed by atoms with Gasteiger partial charge in [0.15, 0.2) is 0 Å². The van der Waals surface area contributed by atoms with E-state index >= 15 is 0 Å². The quantitative estimate of drug-likeness (QED) is 0.783. The highest BCUT2D eigenvalue weighted by Crippen LogP contribution is 2.30. The van der Waals surface area contributed by atoms with Gasteiger partial charge >= 0.3 is 0 Å². The number of carbonyl (C=O) groups excluding carboxylic acids is 1. The molecule has 1 amide bonds. The number of piperidine rings is 1. The summed E-state index contributed by atoms with van der Waals surface area (Å²) in [5.74, 6) is 0.861. The van der Waals surface area contributed by atoms with E-state index in [1.807, 2.05) is 29.8 Å². The minimum absolute atomic E-state index is 0.0613. The van der Waals surface area contributed by atoms with Gasteiger partial charge in [0.1, 0.15) is 0 Å². The first-order valence-corrected chi connectivity index (χ1v) is 10.9. The number of thiazole rings is 1. The second-order valence-electron chi connectivity index (χ2n) is 6.78. The van der Waals surface area contributed by atoms with Crippen LogP contribution in [0.3, 0.4) is 0 Å². The Bertz CT molecular complexity index is 707. The number of hydrogen-bond donors (Lipinski definition) is 1. The van der Waals surface area contributed by atoms with Crippen LogP contribution in [0.1, 0.15) is 41.7 Å². The number of benzene rings is 1. The number of likely N-dealkylation sites (tertiary alicyclic amines) is 1. The normalized spacial score (nSPS) is 19.0. The Hall–Kier alpha value is -1.37. The molecule has 1 aromatic heterocycles. The van der Waals surface area contributed by atoms with Crippen molar-refractivity contribution in [3.05, 3.63) is 46.4 Å². The van der Waals surface area contributed by atoms with E-state index in [0.717, 1.165) is 53.9 Å². The molecule has 25 heavy (non-hydrogen) atoms. The second kappa shape index (κ2) is 7.89. The maximum Gasteiger partial charge on any atom is 0.252 e. The van der Waals surface area contributed by atoms with E-state index in [0.29, 0.717) is 6.04 Å². The Morgan fingerprint density at radius 3 is 2.76 bits per heavy atom. The van der Waals surface area contributed by atoms with Crippen LogP contribution in [-0.4, -0.2) is 41.0 Å². The Labute approximate surface area is 157 Å². The zero-order valence-electron chi connectivity index (χ0n) is 14.2. The van der Waals surface area contributed by atoms with Gasteiger partial charge in [0, 0.05) is 41.2 Å². The molecule has 1 N–H and O–H groups in total. The predicted molar refractivity (Wildman–Crippen MR) is 103 cm³/mol. The van der Waals surface area contributed by atoms with Crippen LogP contribution in [-0.2, 0) is 5.75 Å². The third-order valence-electron chi connectivity index (χ3n) is 4.92. The molecule has 2 aliphatic rings. The minimum atomic E-state index is 0.0613. The number of nitrogens with zero attached hydrogens (tertiary/aromatic N) is 2. The average molecular weight is 374 g/mol. The zero-order valence-corrected chi connectivity index (χ0v) is 15.8. The molecule has 2 fully saturated rings. The van der Waals surface area contributed by atoms with Crippen molar-refractivity contribution in [3.8, 4) is 0 Å². The standard InChI is InChI=1S/C19H23N3OS2/c23-19(21-14-7-9-22(10-8-14)16-5-6-16)17-3-1-2-4-18(17)25-12-15-11-24-13-20-15/h1-4,11,13-14,16H,5-10,12H2,(H,21,23). The van der Waals surface area contributed by atoms with Gasteiger partial charge in [-0.25, -0.2) is 4.98 Å². The molecule has 0 atom stereocenters. The smallest absolute Gasteiger partial charge is 0.252 e. The van der Waals surface area contributed by atoms with E-state index < -0.39 is 0 Å². The highest BCUT2D eigenvalue weighted by atomic mass is 32.2. The van der Waals surface area contributed by atoms with Crippen molar-refractivity contribution in [2.24, 2.45) is 0 Å². The van der Waals surface area contributed by atoms with Crippen molar-refractivity contribution in [1.29, 1.82) is 0 Å². The van der Waals surface area contributed by atoms with Crippen LogP contribution in [0.4, 0.5) is 0 Å². The fourth-order valence-electron chi connectivity index (χ4n) is 3.35. The van der Waals surface area contributed by atoms with Gasteiger partial charge < -0.3 is 10.2 Å². The third kappa shape index (κ3) is 4.43. The molecule has 4 rings (SSSR count). The molecule has 132 valence electrons. The highest BCUT2D eigenvalue weighted by Gasteiger charge is 2.32. The summed E-state index contributed by atoms with van der Waals surface area (Å²) in [6, 6.07) is 9.03. The van der Waals surface area contributed by atoms with Gasteiger partial charge in [-0.1, -0.05) is 12.1 Å². The molecule has 4 nitrogen and oxygen atoms in total. The first kappa shape index (κ1) is 17.1. The molecule has 0 spiro atoms. The summed E-state index contributed by atoms with van der Waals surface area (Å²) in [4.78, 5) is 20.7. The average Bonchev–Trinajstić information content (AvgIpc) is 3.36. The van der Waals surface area contributed by atoms with Crippen LogP contribution < -0.4 is 5.32 Å². The Morgan fingerprint density at radius 2 is 2.04 bits per heavy atom. The lowest BCUT2D eigenvalue weighted by atomic mass is 10.0. The summed E-state index contributed by atoms with van der Waals surface area (Å²) in [7, 11) is 0. The third-order valence-corrected chi connectivity index (χ3v) is 6.66. The number of carbonyl (C=O) groups is 1. The topological polar surface area (TPSA) is 45.2 Å². The van der Waals surface area contributed by atoms with Crippen molar-refractivity contribution >= 4 is 29.0 Å². The summed E-state index contributed by atoms with van der Waals surface area (Å²) in [5, 5.41) is 5.31. The van der Waals surface area contributed by atoms with Crippen LogP contribution in [0, 0.1) is 0 Å². The maximum absolute atomic E-state index is 12.8. The lowest BCUT2D eigenvalue weighted by Crippen LogP contribution is -2.45. The van der Waals surface area contributed by atoms with E-state index in [9.17, 15) is 4.79 Å². The van der Waals surface area contributed by atoms with Crippen molar-refractivity contribution in [1.82, 2.24) is 15.2 Å². The second-order valence-corrected chi connectivity index (χ2v) is 8.52. The number of aromatic nitrogens is 1. The molecular weight excluding hydrogens is 350 g/mol. The molecule has 1 saturated heterocycles. The van der Waals surface area contributed by atoms with Crippen molar-refractivity contribution in [2.75, 3.05) is 13.1 Å². The molecule has 6 heteroatoms. The van der Waals surface area contributed by atoms with Gasteiger partial charge in [-0.15, -0.1) is 23.1 Å². The van der Waals surface area contributed by atoms with Gasteiger partial charge in [0.25, 0.3) is 5.91 Å².